The first-order chi connectivity index (χ1) is 7.78. The second kappa shape index (κ2) is 4.69. The first-order valence-corrected chi connectivity index (χ1v) is 4.98. The summed E-state index contributed by atoms with van der Waals surface area (Å²) in [4.78, 5) is 4.05. The molecule has 0 unspecified atom stereocenters. The van der Waals surface area contributed by atoms with E-state index >= 15 is 0 Å². The Hall–Kier alpha value is -1.99. The quantitative estimate of drug-likeness (QED) is 0.828. The largest absolute Gasteiger partial charge is 0.472 e. The zero-order chi connectivity index (χ0) is 11.4. The van der Waals surface area contributed by atoms with E-state index < -0.39 is 0 Å². The average molecular weight is 234 g/mol. The molecule has 2 heterocycles. The van der Waals surface area contributed by atoms with Gasteiger partial charge in [0.15, 0.2) is 0 Å². The van der Waals surface area contributed by atoms with Crippen LogP contribution < -0.4 is 5.32 Å². The van der Waals surface area contributed by atoms with Gasteiger partial charge in [0.1, 0.15) is 11.0 Å². The first kappa shape index (κ1) is 10.5. The number of rotatable bonds is 3. The van der Waals surface area contributed by atoms with Crippen LogP contribution in [0.1, 0.15) is 11.1 Å². The standard InChI is InChI=1S/C11H8ClN3O/c12-10-3-9(5-13)4-11(15-10)14-6-8-1-2-16-7-8/h1-4,7H,6H2,(H,14,15). The Balaban J connectivity index is 2.10. The summed E-state index contributed by atoms with van der Waals surface area (Å²) in [5, 5.41) is 12.1. The second-order valence-electron chi connectivity index (χ2n) is 3.16. The smallest absolute Gasteiger partial charge is 0.132 e. The van der Waals surface area contributed by atoms with Crippen LogP contribution in [0.4, 0.5) is 5.82 Å². The summed E-state index contributed by atoms with van der Waals surface area (Å²) in [7, 11) is 0. The number of halogens is 1. The predicted molar refractivity (Wildman–Crippen MR) is 60.0 cm³/mol. The summed E-state index contributed by atoms with van der Waals surface area (Å²) >= 11 is 5.77. The molecule has 1 N–H and O–H groups in total. The Morgan fingerprint density at radius 1 is 1.50 bits per heavy atom. The van der Waals surface area contributed by atoms with Crippen LogP contribution in [0.3, 0.4) is 0 Å². The van der Waals surface area contributed by atoms with Crippen LogP contribution in [0.5, 0.6) is 0 Å². The normalized spacial score (nSPS) is 9.75. The number of hydrogen-bond acceptors (Lipinski definition) is 4. The lowest BCUT2D eigenvalue weighted by molar-refractivity contribution is 0.564. The van der Waals surface area contributed by atoms with Crippen molar-refractivity contribution in [2.24, 2.45) is 0 Å². The number of nitriles is 1. The van der Waals surface area contributed by atoms with Gasteiger partial charge in [-0.3, -0.25) is 0 Å². The number of anilines is 1. The SMILES string of the molecule is N#Cc1cc(Cl)nc(NCc2ccoc2)c1. The van der Waals surface area contributed by atoms with E-state index in [2.05, 4.69) is 10.3 Å². The van der Waals surface area contributed by atoms with Crippen LogP contribution in [0.2, 0.25) is 5.15 Å². The number of hydrogen-bond donors (Lipinski definition) is 1. The van der Waals surface area contributed by atoms with Crippen molar-refractivity contribution in [3.63, 3.8) is 0 Å². The zero-order valence-corrected chi connectivity index (χ0v) is 9.03. The van der Waals surface area contributed by atoms with Crippen molar-refractivity contribution in [3.8, 4) is 6.07 Å². The molecule has 0 bridgehead atoms. The van der Waals surface area contributed by atoms with E-state index in [1.54, 1.807) is 18.6 Å². The fourth-order valence-electron chi connectivity index (χ4n) is 1.24. The molecule has 0 saturated carbocycles. The van der Waals surface area contributed by atoms with Crippen LogP contribution in [0.15, 0.2) is 35.1 Å². The summed E-state index contributed by atoms with van der Waals surface area (Å²) in [5.74, 6) is 0.574. The molecule has 0 spiro atoms. The minimum absolute atomic E-state index is 0.300. The van der Waals surface area contributed by atoms with Gasteiger partial charge in [-0.25, -0.2) is 4.98 Å². The molecule has 0 aromatic carbocycles. The highest BCUT2D eigenvalue weighted by Gasteiger charge is 2.01. The lowest BCUT2D eigenvalue weighted by Gasteiger charge is -2.04. The van der Waals surface area contributed by atoms with E-state index in [1.807, 2.05) is 12.1 Å². The number of pyridine rings is 1. The van der Waals surface area contributed by atoms with Crippen LogP contribution in [0.25, 0.3) is 0 Å². The van der Waals surface area contributed by atoms with Gasteiger partial charge in [0, 0.05) is 12.1 Å². The number of nitrogens with zero attached hydrogens (tertiary/aromatic N) is 2. The fraction of sp³-hybridized carbons (Fsp3) is 0.0909. The lowest BCUT2D eigenvalue weighted by atomic mass is 10.3. The van der Waals surface area contributed by atoms with Crippen molar-refractivity contribution < 1.29 is 4.42 Å². The molecule has 0 aliphatic rings. The Bertz CT molecular complexity index is 517. The van der Waals surface area contributed by atoms with Gasteiger partial charge >= 0.3 is 0 Å². The molecule has 0 aliphatic heterocycles. The Morgan fingerprint density at radius 3 is 3.06 bits per heavy atom. The number of aromatic nitrogens is 1. The number of furan rings is 1. The summed E-state index contributed by atoms with van der Waals surface area (Å²) in [6.07, 6.45) is 3.24. The van der Waals surface area contributed by atoms with Gasteiger partial charge in [0.25, 0.3) is 0 Å². The van der Waals surface area contributed by atoms with Crippen molar-refractivity contribution in [1.29, 1.82) is 5.26 Å². The molecule has 2 aromatic rings. The van der Waals surface area contributed by atoms with Gasteiger partial charge in [-0.1, -0.05) is 11.6 Å². The average Bonchev–Trinajstić information content (AvgIpc) is 2.78. The van der Waals surface area contributed by atoms with E-state index in [0.717, 1.165) is 5.56 Å². The van der Waals surface area contributed by atoms with Crippen LogP contribution in [-0.4, -0.2) is 4.98 Å². The summed E-state index contributed by atoms with van der Waals surface area (Å²) < 4.78 is 4.93. The molecule has 5 heteroatoms. The van der Waals surface area contributed by atoms with Crippen molar-refractivity contribution in [1.82, 2.24) is 4.98 Å². The molecule has 4 nitrogen and oxygen atoms in total. The van der Waals surface area contributed by atoms with E-state index in [-0.39, 0.29) is 0 Å². The zero-order valence-electron chi connectivity index (χ0n) is 8.27. The summed E-state index contributed by atoms with van der Waals surface area (Å²) in [5.41, 5.74) is 1.48. The maximum absolute atomic E-state index is 8.76. The Labute approximate surface area is 97.5 Å². The molecule has 2 rings (SSSR count). The van der Waals surface area contributed by atoms with E-state index in [9.17, 15) is 0 Å². The van der Waals surface area contributed by atoms with Gasteiger partial charge in [-0.15, -0.1) is 0 Å². The second-order valence-corrected chi connectivity index (χ2v) is 3.55. The molecule has 16 heavy (non-hydrogen) atoms. The van der Waals surface area contributed by atoms with Gasteiger partial charge in [-0.05, 0) is 18.2 Å². The van der Waals surface area contributed by atoms with E-state index in [4.69, 9.17) is 21.3 Å². The molecule has 0 saturated heterocycles. The van der Waals surface area contributed by atoms with Gasteiger partial charge < -0.3 is 9.73 Å². The molecular formula is C11H8ClN3O. The molecule has 0 fully saturated rings. The molecule has 80 valence electrons. The van der Waals surface area contributed by atoms with Crippen LogP contribution >= 0.6 is 11.6 Å². The minimum atomic E-state index is 0.300. The monoisotopic (exact) mass is 233 g/mol. The van der Waals surface area contributed by atoms with Crippen LogP contribution in [0, 0.1) is 11.3 Å². The maximum Gasteiger partial charge on any atom is 0.132 e. The molecule has 0 radical (unpaired) electrons. The Morgan fingerprint density at radius 2 is 2.38 bits per heavy atom. The molecule has 0 aliphatic carbocycles. The highest BCUT2D eigenvalue weighted by atomic mass is 35.5. The van der Waals surface area contributed by atoms with Gasteiger partial charge in [0.05, 0.1) is 24.2 Å². The first-order valence-electron chi connectivity index (χ1n) is 4.60. The Kier molecular flexibility index (Phi) is 3.08. The van der Waals surface area contributed by atoms with Crippen molar-refractivity contribution >= 4 is 17.4 Å². The van der Waals surface area contributed by atoms with E-state index in [0.29, 0.717) is 23.1 Å². The van der Waals surface area contributed by atoms with Gasteiger partial charge in [0.2, 0.25) is 0 Å². The highest BCUT2D eigenvalue weighted by molar-refractivity contribution is 6.29. The molecule has 0 atom stereocenters. The van der Waals surface area contributed by atoms with Crippen molar-refractivity contribution in [2.75, 3.05) is 5.32 Å². The van der Waals surface area contributed by atoms with Gasteiger partial charge in [-0.2, -0.15) is 5.26 Å². The topological polar surface area (TPSA) is 61.9 Å². The summed E-state index contributed by atoms with van der Waals surface area (Å²) in [6.45, 7) is 0.578. The van der Waals surface area contributed by atoms with Crippen molar-refractivity contribution in [3.05, 3.63) is 47.0 Å². The maximum atomic E-state index is 8.76. The van der Waals surface area contributed by atoms with Crippen molar-refractivity contribution in [2.45, 2.75) is 6.54 Å². The van der Waals surface area contributed by atoms with Crippen LogP contribution in [-0.2, 0) is 6.54 Å². The third-order valence-corrected chi connectivity index (χ3v) is 2.17. The van der Waals surface area contributed by atoms with E-state index in [1.165, 1.54) is 6.07 Å². The highest BCUT2D eigenvalue weighted by Crippen LogP contribution is 2.14. The fourth-order valence-corrected chi connectivity index (χ4v) is 1.45. The third kappa shape index (κ3) is 2.53. The molecular weight excluding hydrogens is 226 g/mol. The lowest BCUT2D eigenvalue weighted by Crippen LogP contribution is -2.00. The molecule has 0 amide bonds. The predicted octanol–water partition coefficient (Wildman–Crippen LogP) is 2.81. The molecule has 2 aromatic heterocycles. The summed E-state index contributed by atoms with van der Waals surface area (Å²) in [6, 6.07) is 7.03. The minimum Gasteiger partial charge on any atom is -0.472 e. The third-order valence-electron chi connectivity index (χ3n) is 1.98. The number of nitrogens with one attached hydrogen (secondary N) is 1.